The number of nitrogens with one attached hydrogen (secondary N) is 1. The van der Waals surface area contributed by atoms with Gasteiger partial charge in [-0.25, -0.2) is 4.79 Å². The first kappa shape index (κ1) is 15.9. The van der Waals surface area contributed by atoms with Crippen LogP contribution in [0.5, 0.6) is 0 Å². The zero-order valence-corrected chi connectivity index (χ0v) is 11.7. The van der Waals surface area contributed by atoms with E-state index in [1.807, 2.05) is 0 Å². The highest BCUT2D eigenvalue weighted by molar-refractivity contribution is 6.19. The Balaban J connectivity index is 3.18. The molecule has 0 saturated heterocycles. The van der Waals surface area contributed by atoms with Crippen molar-refractivity contribution >= 4 is 11.6 Å². The molecule has 0 amide bonds. The number of alkyl halides is 1. The number of aromatic nitrogens is 2. The van der Waals surface area contributed by atoms with E-state index in [4.69, 9.17) is 21.1 Å². The molecule has 0 unspecified atom stereocenters. The number of H-pyrrole nitrogens is 1. The molecule has 0 fully saturated rings. The van der Waals surface area contributed by atoms with Crippen LogP contribution >= 0.6 is 11.6 Å². The largest absolute Gasteiger partial charge is 0.393 e. The summed E-state index contributed by atoms with van der Waals surface area (Å²) in [4.78, 5) is 24.8. The predicted molar refractivity (Wildman–Crippen MR) is 69.5 cm³/mol. The van der Waals surface area contributed by atoms with Crippen molar-refractivity contribution in [3.05, 3.63) is 33.1 Å². The van der Waals surface area contributed by atoms with Gasteiger partial charge in [-0.2, -0.15) is 0 Å². The van der Waals surface area contributed by atoms with Gasteiger partial charge in [-0.15, -0.1) is 0 Å². The average molecular weight is 293 g/mol. The molecular formula is C11H17ClN2O5. The van der Waals surface area contributed by atoms with Crippen LogP contribution in [0.3, 0.4) is 0 Å². The van der Waals surface area contributed by atoms with Gasteiger partial charge in [0.15, 0.2) is 0 Å². The fourth-order valence-corrected chi connectivity index (χ4v) is 2.21. The lowest BCUT2D eigenvalue weighted by molar-refractivity contribution is -0.137. The Morgan fingerprint density at radius 1 is 1.53 bits per heavy atom. The number of aromatic amines is 1. The van der Waals surface area contributed by atoms with Crippen LogP contribution in [0.15, 0.2) is 21.9 Å². The molecule has 0 aliphatic rings. The molecule has 3 atom stereocenters. The third-order valence-corrected chi connectivity index (χ3v) is 3.44. The molecule has 0 aliphatic heterocycles. The van der Waals surface area contributed by atoms with Gasteiger partial charge in [0.25, 0.3) is 5.56 Å². The molecule has 0 aliphatic carbocycles. The monoisotopic (exact) mass is 292 g/mol. The molecule has 1 aromatic rings. The van der Waals surface area contributed by atoms with Crippen molar-refractivity contribution < 1.29 is 14.6 Å². The van der Waals surface area contributed by atoms with Gasteiger partial charge in [0, 0.05) is 26.5 Å². The van der Waals surface area contributed by atoms with Crippen molar-refractivity contribution in [3.8, 4) is 0 Å². The van der Waals surface area contributed by atoms with Crippen molar-refractivity contribution in [2.45, 2.75) is 24.1 Å². The summed E-state index contributed by atoms with van der Waals surface area (Å²) in [6.45, 7) is 1.26. The van der Waals surface area contributed by atoms with E-state index >= 15 is 0 Å². The summed E-state index contributed by atoms with van der Waals surface area (Å²) in [7, 11) is 2.80. The van der Waals surface area contributed by atoms with Crippen LogP contribution in [0.4, 0.5) is 0 Å². The van der Waals surface area contributed by atoms with Crippen LogP contribution in [0, 0.1) is 0 Å². The molecule has 19 heavy (non-hydrogen) atoms. The topological polar surface area (TPSA) is 93.6 Å². The van der Waals surface area contributed by atoms with Gasteiger partial charge in [0.1, 0.15) is 17.2 Å². The van der Waals surface area contributed by atoms with Gasteiger partial charge >= 0.3 is 5.69 Å². The Kier molecular flexibility index (Phi) is 5.30. The van der Waals surface area contributed by atoms with Crippen molar-refractivity contribution in [3.63, 3.8) is 0 Å². The van der Waals surface area contributed by atoms with Crippen molar-refractivity contribution in [1.29, 1.82) is 0 Å². The maximum Gasteiger partial charge on any atom is 0.329 e. The van der Waals surface area contributed by atoms with Crippen molar-refractivity contribution in [1.82, 2.24) is 9.55 Å². The second-order valence-corrected chi connectivity index (χ2v) is 4.67. The number of hydrogen-bond acceptors (Lipinski definition) is 5. The van der Waals surface area contributed by atoms with Gasteiger partial charge in [-0.3, -0.25) is 14.3 Å². The third kappa shape index (κ3) is 3.24. The highest BCUT2D eigenvalue weighted by atomic mass is 35.5. The number of halogens is 1. The summed E-state index contributed by atoms with van der Waals surface area (Å²) in [5.41, 5.74) is -3.22. The number of ether oxygens (including phenoxy) is 2. The second kappa shape index (κ2) is 6.33. The Morgan fingerprint density at radius 3 is 2.58 bits per heavy atom. The standard InChI is InChI=1S/C11H17ClN2O5/c1-11(6-15,19-3)8(18-2)9(12)14-5-4-7(16)13-10(14)17/h4-5,8-9,15H,6H2,1-3H3,(H,13,16,17)/t8-,9-,11+/m0/s1. The van der Waals surface area contributed by atoms with Gasteiger partial charge in [0.2, 0.25) is 0 Å². The number of aliphatic hydroxyl groups excluding tert-OH is 1. The molecule has 8 heteroatoms. The molecule has 7 nitrogen and oxygen atoms in total. The summed E-state index contributed by atoms with van der Waals surface area (Å²) < 4.78 is 11.5. The lowest BCUT2D eigenvalue weighted by Gasteiger charge is -2.36. The van der Waals surface area contributed by atoms with E-state index in [2.05, 4.69) is 4.98 Å². The van der Waals surface area contributed by atoms with Gasteiger partial charge in [-0.1, -0.05) is 11.6 Å². The summed E-state index contributed by atoms with van der Waals surface area (Å²) in [6, 6.07) is 1.17. The number of nitrogens with zero attached hydrogens (tertiary/aromatic N) is 1. The molecule has 0 bridgehead atoms. The zero-order valence-electron chi connectivity index (χ0n) is 10.9. The maximum atomic E-state index is 11.7. The Bertz CT molecular complexity index is 522. The van der Waals surface area contributed by atoms with Gasteiger partial charge in [0.05, 0.1) is 6.61 Å². The van der Waals surface area contributed by atoms with E-state index in [0.717, 1.165) is 4.57 Å². The van der Waals surface area contributed by atoms with Crippen LogP contribution < -0.4 is 11.2 Å². The second-order valence-electron chi connectivity index (χ2n) is 4.22. The zero-order chi connectivity index (χ0) is 14.6. The predicted octanol–water partition coefficient (Wildman–Crippen LogP) is -0.314. The molecule has 0 saturated carbocycles. The lowest BCUT2D eigenvalue weighted by Crippen LogP contribution is -2.50. The van der Waals surface area contributed by atoms with E-state index in [0.29, 0.717) is 0 Å². The van der Waals surface area contributed by atoms with Crippen LogP contribution in [0.2, 0.25) is 0 Å². The van der Waals surface area contributed by atoms with Crippen LogP contribution in [-0.2, 0) is 9.47 Å². The van der Waals surface area contributed by atoms with E-state index in [1.54, 1.807) is 6.92 Å². The molecule has 0 spiro atoms. The number of aliphatic hydroxyl groups is 1. The first-order valence-electron chi connectivity index (χ1n) is 5.54. The Hall–Kier alpha value is -1.15. The van der Waals surface area contributed by atoms with E-state index in [-0.39, 0.29) is 6.61 Å². The quantitative estimate of drug-likeness (QED) is 0.701. The van der Waals surface area contributed by atoms with E-state index in [9.17, 15) is 14.7 Å². The lowest BCUT2D eigenvalue weighted by atomic mass is 9.99. The van der Waals surface area contributed by atoms with Gasteiger partial charge in [-0.05, 0) is 6.92 Å². The molecular weight excluding hydrogens is 276 g/mol. The molecule has 0 radical (unpaired) electrons. The summed E-state index contributed by atoms with van der Waals surface area (Å²) >= 11 is 6.20. The Labute approximate surface area is 114 Å². The first-order chi connectivity index (χ1) is 8.89. The SMILES string of the molecule is CO[C@@H]([C@@H](Cl)n1ccc(=O)[nH]c1=O)[C@@](C)(CO)OC. The number of methoxy groups -OCH3 is 2. The van der Waals surface area contributed by atoms with E-state index < -0.39 is 28.5 Å². The minimum Gasteiger partial charge on any atom is -0.393 e. The molecule has 0 aromatic carbocycles. The fourth-order valence-electron chi connectivity index (χ4n) is 1.69. The molecule has 1 aromatic heterocycles. The summed E-state index contributed by atoms with van der Waals surface area (Å²) in [5, 5.41) is 9.39. The normalized spacial score (nSPS) is 17.7. The van der Waals surface area contributed by atoms with Gasteiger partial charge < -0.3 is 14.6 Å². The maximum absolute atomic E-state index is 11.7. The van der Waals surface area contributed by atoms with Crippen molar-refractivity contribution in [2.75, 3.05) is 20.8 Å². The highest BCUT2D eigenvalue weighted by Crippen LogP contribution is 2.28. The molecule has 1 rings (SSSR count). The summed E-state index contributed by atoms with van der Waals surface area (Å²) in [5.74, 6) is 0. The molecule has 1 heterocycles. The molecule has 2 N–H and O–H groups in total. The van der Waals surface area contributed by atoms with Crippen molar-refractivity contribution in [2.24, 2.45) is 0 Å². The minimum absolute atomic E-state index is 0.344. The number of rotatable bonds is 6. The average Bonchev–Trinajstić information content (AvgIpc) is 2.38. The van der Waals surface area contributed by atoms with E-state index in [1.165, 1.54) is 26.5 Å². The first-order valence-corrected chi connectivity index (χ1v) is 5.97. The Morgan fingerprint density at radius 2 is 2.16 bits per heavy atom. The number of hydrogen-bond donors (Lipinski definition) is 2. The fraction of sp³-hybridized carbons (Fsp3) is 0.636. The highest BCUT2D eigenvalue weighted by Gasteiger charge is 2.40. The van der Waals surface area contributed by atoms with Crippen LogP contribution in [0.1, 0.15) is 12.4 Å². The van der Waals surface area contributed by atoms with Crippen LogP contribution in [-0.4, -0.2) is 47.2 Å². The smallest absolute Gasteiger partial charge is 0.329 e. The van der Waals surface area contributed by atoms with Crippen LogP contribution in [0.25, 0.3) is 0 Å². The molecule has 108 valence electrons. The summed E-state index contributed by atoms with van der Waals surface area (Å²) in [6.07, 6.45) is 0.464. The third-order valence-electron chi connectivity index (χ3n) is 3.00. The minimum atomic E-state index is -1.09.